The molecule has 3 nitrogen and oxygen atoms in total. The molecule has 0 amide bonds. The first-order valence-electron chi connectivity index (χ1n) is 9.13. The molecule has 0 aromatic heterocycles. The Morgan fingerprint density at radius 2 is 1.29 bits per heavy atom. The highest BCUT2D eigenvalue weighted by Gasteiger charge is 2.13. The van der Waals surface area contributed by atoms with Gasteiger partial charge in [0.05, 0.1) is 11.4 Å². The molecule has 0 unspecified atom stereocenters. The molecule has 0 saturated heterocycles. The molecule has 0 radical (unpaired) electrons. The zero-order chi connectivity index (χ0) is 19.3. The second-order valence-corrected chi connectivity index (χ2v) is 6.53. The van der Waals surface area contributed by atoms with Crippen LogP contribution < -0.4 is 11.1 Å². The molecular weight excluding hydrogens is 344 g/mol. The molecule has 3 heteroatoms. The van der Waals surface area contributed by atoms with E-state index in [0.29, 0.717) is 16.8 Å². The van der Waals surface area contributed by atoms with Crippen molar-refractivity contribution in [2.45, 2.75) is 0 Å². The third-order valence-electron chi connectivity index (χ3n) is 4.63. The summed E-state index contributed by atoms with van der Waals surface area (Å²) < 4.78 is 0. The minimum Gasteiger partial charge on any atom is -0.397 e. The highest BCUT2D eigenvalue weighted by Crippen LogP contribution is 2.33. The van der Waals surface area contributed by atoms with Gasteiger partial charge in [0.25, 0.3) is 0 Å². The minimum absolute atomic E-state index is 0.00329. The van der Waals surface area contributed by atoms with Crippen molar-refractivity contribution >= 4 is 22.8 Å². The van der Waals surface area contributed by atoms with Crippen LogP contribution in [0.3, 0.4) is 0 Å². The maximum absolute atomic E-state index is 12.9. The van der Waals surface area contributed by atoms with Gasteiger partial charge in [-0.3, -0.25) is 4.79 Å². The van der Waals surface area contributed by atoms with Gasteiger partial charge < -0.3 is 11.1 Å². The van der Waals surface area contributed by atoms with Crippen LogP contribution in [0.25, 0.3) is 11.1 Å². The van der Waals surface area contributed by atoms with Crippen LogP contribution in [0, 0.1) is 0 Å². The van der Waals surface area contributed by atoms with E-state index < -0.39 is 0 Å². The van der Waals surface area contributed by atoms with Crippen molar-refractivity contribution in [2.75, 3.05) is 11.1 Å². The summed E-state index contributed by atoms with van der Waals surface area (Å²) >= 11 is 0. The minimum atomic E-state index is 0.00329. The molecule has 3 N–H and O–H groups in total. The lowest BCUT2D eigenvalue weighted by atomic mass is 9.96. The quantitative estimate of drug-likeness (QED) is 0.342. The van der Waals surface area contributed by atoms with Crippen molar-refractivity contribution in [1.29, 1.82) is 0 Å². The summed E-state index contributed by atoms with van der Waals surface area (Å²) in [5.41, 5.74) is 11.8. The maximum Gasteiger partial charge on any atom is 0.193 e. The van der Waals surface area contributed by atoms with E-state index in [9.17, 15) is 4.79 Å². The number of carbonyl (C=O) groups is 1. The maximum atomic E-state index is 12.9. The number of para-hydroxylation sites is 2. The van der Waals surface area contributed by atoms with E-state index in [4.69, 9.17) is 5.73 Å². The Bertz CT molecular complexity index is 1110. The number of hydrogen-bond acceptors (Lipinski definition) is 3. The van der Waals surface area contributed by atoms with E-state index in [1.165, 1.54) is 0 Å². The first kappa shape index (κ1) is 17.6. The Morgan fingerprint density at radius 3 is 2.00 bits per heavy atom. The molecule has 0 saturated carbocycles. The zero-order valence-electron chi connectivity index (χ0n) is 15.3. The van der Waals surface area contributed by atoms with Gasteiger partial charge in [0.1, 0.15) is 0 Å². The SMILES string of the molecule is Nc1ccccc1Nc1ccc(C(=O)c2ccccc2)cc1-c1ccccc1. The Hall–Kier alpha value is -3.85. The van der Waals surface area contributed by atoms with Crippen molar-refractivity contribution < 1.29 is 4.79 Å². The lowest BCUT2D eigenvalue weighted by Crippen LogP contribution is -2.03. The Morgan fingerprint density at radius 1 is 0.643 bits per heavy atom. The fraction of sp³-hybridized carbons (Fsp3) is 0. The number of nitrogens with one attached hydrogen (secondary N) is 1. The Kier molecular flexibility index (Phi) is 4.89. The fourth-order valence-electron chi connectivity index (χ4n) is 3.16. The van der Waals surface area contributed by atoms with Crippen LogP contribution in [0.5, 0.6) is 0 Å². The van der Waals surface area contributed by atoms with Gasteiger partial charge in [0.2, 0.25) is 0 Å². The van der Waals surface area contributed by atoms with Crippen molar-refractivity contribution in [3.63, 3.8) is 0 Å². The number of ketones is 1. The number of nitrogen functional groups attached to an aromatic ring is 1. The van der Waals surface area contributed by atoms with Crippen LogP contribution >= 0.6 is 0 Å². The van der Waals surface area contributed by atoms with Crippen molar-refractivity contribution in [3.8, 4) is 11.1 Å². The van der Waals surface area contributed by atoms with E-state index in [0.717, 1.165) is 22.5 Å². The molecule has 0 aliphatic heterocycles. The summed E-state index contributed by atoms with van der Waals surface area (Å²) in [5.74, 6) is 0.00329. The first-order chi connectivity index (χ1) is 13.7. The summed E-state index contributed by atoms with van der Waals surface area (Å²) in [6.45, 7) is 0. The molecular formula is C25H20N2O. The van der Waals surface area contributed by atoms with Crippen LogP contribution in [-0.2, 0) is 0 Å². The molecule has 0 aliphatic rings. The average Bonchev–Trinajstić information content (AvgIpc) is 2.76. The third-order valence-corrected chi connectivity index (χ3v) is 4.63. The van der Waals surface area contributed by atoms with Crippen LogP contribution in [0.1, 0.15) is 15.9 Å². The van der Waals surface area contributed by atoms with Crippen LogP contribution in [0.4, 0.5) is 17.1 Å². The molecule has 4 aromatic carbocycles. The molecule has 0 aliphatic carbocycles. The molecule has 0 fully saturated rings. The lowest BCUT2D eigenvalue weighted by Gasteiger charge is -2.15. The summed E-state index contributed by atoms with van der Waals surface area (Å²) in [6.07, 6.45) is 0. The number of nitrogens with two attached hydrogens (primary N) is 1. The molecule has 136 valence electrons. The molecule has 0 spiro atoms. The topological polar surface area (TPSA) is 55.1 Å². The lowest BCUT2D eigenvalue weighted by molar-refractivity contribution is 0.103. The van der Waals surface area contributed by atoms with Crippen molar-refractivity contribution in [2.24, 2.45) is 0 Å². The highest BCUT2D eigenvalue weighted by atomic mass is 16.1. The molecule has 0 heterocycles. The highest BCUT2D eigenvalue weighted by molar-refractivity contribution is 6.10. The molecule has 4 aromatic rings. The van der Waals surface area contributed by atoms with Gasteiger partial charge in [-0.05, 0) is 35.9 Å². The van der Waals surface area contributed by atoms with Gasteiger partial charge in [-0.1, -0.05) is 72.8 Å². The van der Waals surface area contributed by atoms with Crippen LogP contribution in [0.2, 0.25) is 0 Å². The summed E-state index contributed by atoms with van der Waals surface area (Å²) in [5, 5.41) is 3.41. The van der Waals surface area contributed by atoms with E-state index in [1.807, 2.05) is 103 Å². The monoisotopic (exact) mass is 364 g/mol. The first-order valence-corrected chi connectivity index (χ1v) is 9.13. The Labute approximate surface area is 164 Å². The predicted molar refractivity (Wildman–Crippen MR) is 116 cm³/mol. The molecule has 0 bridgehead atoms. The van der Waals surface area contributed by atoms with Crippen molar-refractivity contribution in [3.05, 3.63) is 114 Å². The van der Waals surface area contributed by atoms with Gasteiger partial charge in [-0.15, -0.1) is 0 Å². The Balaban J connectivity index is 1.79. The number of benzene rings is 4. The zero-order valence-corrected chi connectivity index (χ0v) is 15.3. The predicted octanol–water partition coefficient (Wildman–Crippen LogP) is 5.91. The van der Waals surface area contributed by atoms with Crippen LogP contribution in [0.15, 0.2) is 103 Å². The van der Waals surface area contributed by atoms with E-state index in [1.54, 1.807) is 0 Å². The summed E-state index contributed by atoms with van der Waals surface area (Å²) in [7, 11) is 0. The smallest absolute Gasteiger partial charge is 0.193 e. The summed E-state index contributed by atoms with van der Waals surface area (Å²) in [4.78, 5) is 12.9. The van der Waals surface area contributed by atoms with Crippen molar-refractivity contribution in [1.82, 2.24) is 0 Å². The number of rotatable bonds is 5. The third kappa shape index (κ3) is 3.64. The van der Waals surface area contributed by atoms with Crippen LogP contribution in [-0.4, -0.2) is 5.78 Å². The molecule has 0 atom stereocenters. The average molecular weight is 364 g/mol. The number of hydrogen-bond donors (Lipinski definition) is 2. The van der Waals surface area contributed by atoms with Gasteiger partial charge in [0.15, 0.2) is 5.78 Å². The fourth-order valence-corrected chi connectivity index (χ4v) is 3.16. The molecule has 4 rings (SSSR count). The van der Waals surface area contributed by atoms with Gasteiger partial charge in [-0.25, -0.2) is 0 Å². The van der Waals surface area contributed by atoms with E-state index in [-0.39, 0.29) is 5.78 Å². The standard InChI is InChI=1S/C25H20N2O/c26-22-13-7-8-14-24(22)27-23-16-15-20(25(28)19-11-5-2-6-12-19)17-21(23)18-9-3-1-4-10-18/h1-17,27H,26H2. The number of anilines is 3. The second-order valence-electron chi connectivity index (χ2n) is 6.53. The van der Waals surface area contributed by atoms with E-state index >= 15 is 0 Å². The van der Waals surface area contributed by atoms with Gasteiger partial charge in [-0.2, -0.15) is 0 Å². The summed E-state index contributed by atoms with van der Waals surface area (Å²) in [6, 6.07) is 32.7. The van der Waals surface area contributed by atoms with E-state index in [2.05, 4.69) is 5.32 Å². The normalized spacial score (nSPS) is 10.4. The van der Waals surface area contributed by atoms with Gasteiger partial charge in [0, 0.05) is 22.4 Å². The second kappa shape index (κ2) is 7.80. The molecule has 28 heavy (non-hydrogen) atoms. The van der Waals surface area contributed by atoms with Gasteiger partial charge >= 0.3 is 0 Å². The number of carbonyl (C=O) groups excluding carboxylic acids is 1. The largest absolute Gasteiger partial charge is 0.397 e.